The average Bonchev–Trinajstić information content (AvgIpc) is 3.19. The van der Waals surface area contributed by atoms with Gasteiger partial charge in [-0.1, -0.05) is 42.5 Å². The summed E-state index contributed by atoms with van der Waals surface area (Å²) in [6.45, 7) is 5.74. The van der Waals surface area contributed by atoms with Crippen LogP contribution in [0.15, 0.2) is 59.7 Å². The second-order valence-corrected chi connectivity index (χ2v) is 7.89. The Labute approximate surface area is 178 Å². The van der Waals surface area contributed by atoms with Gasteiger partial charge in [-0.05, 0) is 42.8 Å². The number of rotatable bonds is 5. The van der Waals surface area contributed by atoms with Crippen molar-refractivity contribution >= 4 is 11.6 Å². The highest BCUT2D eigenvalue weighted by molar-refractivity contribution is 6.02. The molecule has 4 rings (SSSR count). The van der Waals surface area contributed by atoms with E-state index in [4.69, 9.17) is 5.26 Å². The Morgan fingerprint density at radius 1 is 0.933 bits per heavy atom. The number of benzene rings is 2. The molecule has 1 amide bonds. The normalized spacial score (nSPS) is 18.0. The van der Waals surface area contributed by atoms with Crippen molar-refractivity contribution in [1.29, 1.82) is 5.26 Å². The number of carbonyl (C=O) groups excluding carboxylic acids is 1. The number of carbonyl (C=O) groups is 1. The molecular formula is C24H27N5O. The van der Waals surface area contributed by atoms with Crippen LogP contribution in [0.1, 0.15) is 29.5 Å². The molecule has 0 N–H and O–H groups in total. The Hall–Kier alpha value is -3.01. The summed E-state index contributed by atoms with van der Waals surface area (Å²) in [7, 11) is 0. The Balaban J connectivity index is 1.28. The van der Waals surface area contributed by atoms with Gasteiger partial charge in [0.2, 0.25) is 0 Å². The van der Waals surface area contributed by atoms with Gasteiger partial charge in [-0.3, -0.25) is 14.6 Å². The largest absolute Gasteiger partial charge is 0.298 e. The summed E-state index contributed by atoms with van der Waals surface area (Å²) >= 11 is 0. The highest BCUT2D eigenvalue weighted by atomic mass is 16.2. The van der Waals surface area contributed by atoms with E-state index in [1.165, 1.54) is 5.56 Å². The number of nitriles is 1. The van der Waals surface area contributed by atoms with Gasteiger partial charge < -0.3 is 0 Å². The Morgan fingerprint density at radius 3 is 2.43 bits per heavy atom. The molecular weight excluding hydrogens is 374 g/mol. The molecule has 2 aliphatic rings. The minimum Gasteiger partial charge on any atom is -0.298 e. The number of amides is 1. The highest BCUT2D eigenvalue weighted by Gasteiger charge is 2.24. The van der Waals surface area contributed by atoms with Gasteiger partial charge in [0, 0.05) is 26.1 Å². The molecule has 0 unspecified atom stereocenters. The minimum absolute atomic E-state index is 0.0847. The van der Waals surface area contributed by atoms with Gasteiger partial charge in [0.05, 0.1) is 30.4 Å². The summed E-state index contributed by atoms with van der Waals surface area (Å²) in [5, 5.41) is 15.1. The van der Waals surface area contributed by atoms with Crippen molar-refractivity contribution < 1.29 is 4.79 Å². The van der Waals surface area contributed by atoms with Crippen molar-refractivity contribution in [3.8, 4) is 6.07 Å². The standard InChI is InChI=1S/C24H27N5O/c25-17-20-7-9-21(10-8-20)18-27-12-4-13-28(16-15-27)19-24(30)29-14-11-23(26-29)22-5-2-1-3-6-22/h1-3,5-10H,4,11-16,18-19H2. The van der Waals surface area contributed by atoms with Crippen molar-refractivity contribution in [2.45, 2.75) is 19.4 Å². The lowest BCUT2D eigenvalue weighted by molar-refractivity contribution is -0.131. The van der Waals surface area contributed by atoms with E-state index in [1.54, 1.807) is 5.01 Å². The molecule has 0 spiro atoms. The van der Waals surface area contributed by atoms with Crippen LogP contribution in [-0.2, 0) is 11.3 Å². The molecule has 6 nitrogen and oxygen atoms in total. The molecule has 1 saturated heterocycles. The maximum Gasteiger partial charge on any atom is 0.256 e. The lowest BCUT2D eigenvalue weighted by atomic mass is 10.1. The molecule has 1 fully saturated rings. The predicted octanol–water partition coefficient (Wildman–Crippen LogP) is 2.70. The zero-order chi connectivity index (χ0) is 20.8. The van der Waals surface area contributed by atoms with E-state index in [9.17, 15) is 4.79 Å². The predicted molar refractivity (Wildman–Crippen MR) is 117 cm³/mol. The zero-order valence-corrected chi connectivity index (χ0v) is 17.2. The van der Waals surface area contributed by atoms with Crippen molar-refractivity contribution in [2.24, 2.45) is 5.10 Å². The van der Waals surface area contributed by atoms with Gasteiger partial charge in [-0.2, -0.15) is 10.4 Å². The van der Waals surface area contributed by atoms with Crippen molar-refractivity contribution in [3.05, 3.63) is 71.3 Å². The van der Waals surface area contributed by atoms with Crippen LogP contribution in [0, 0.1) is 11.3 Å². The van der Waals surface area contributed by atoms with Gasteiger partial charge in [-0.25, -0.2) is 5.01 Å². The third kappa shape index (κ3) is 5.12. The molecule has 154 valence electrons. The summed E-state index contributed by atoms with van der Waals surface area (Å²) in [5.41, 5.74) is 4.01. The lowest BCUT2D eigenvalue weighted by Gasteiger charge is -2.22. The van der Waals surface area contributed by atoms with E-state index >= 15 is 0 Å². The van der Waals surface area contributed by atoms with E-state index in [-0.39, 0.29) is 5.91 Å². The Bertz CT molecular complexity index is 932. The molecule has 30 heavy (non-hydrogen) atoms. The van der Waals surface area contributed by atoms with Crippen LogP contribution in [0.4, 0.5) is 0 Å². The minimum atomic E-state index is 0.0847. The number of hydrazone groups is 1. The summed E-state index contributed by atoms with van der Waals surface area (Å²) in [6.07, 6.45) is 1.86. The van der Waals surface area contributed by atoms with E-state index < -0.39 is 0 Å². The molecule has 6 heteroatoms. The van der Waals surface area contributed by atoms with Crippen LogP contribution in [0.5, 0.6) is 0 Å². The molecule has 2 aromatic carbocycles. The average molecular weight is 402 g/mol. The van der Waals surface area contributed by atoms with E-state index in [1.807, 2.05) is 54.6 Å². The van der Waals surface area contributed by atoms with Crippen LogP contribution in [0.25, 0.3) is 0 Å². The van der Waals surface area contributed by atoms with Gasteiger partial charge in [0.25, 0.3) is 5.91 Å². The van der Waals surface area contributed by atoms with Crippen LogP contribution in [0.3, 0.4) is 0 Å². The Kier molecular flexibility index (Phi) is 6.53. The van der Waals surface area contributed by atoms with Crippen LogP contribution in [0.2, 0.25) is 0 Å². The summed E-state index contributed by atoms with van der Waals surface area (Å²) < 4.78 is 0. The molecule has 0 aliphatic carbocycles. The van der Waals surface area contributed by atoms with E-state index in [0.717, 1.165) is 56.8 Å². The van der Waals surface area contributed by atoms with Crippen molar-refractivity contribution in [3.63, 3.8) is 0 Å². The third-order valence-corrected chi connectivity index (χ3v) is 5.73. The van der Waals surface area contributed by atoms with Crippen LogP contribution >= 0.6 is 0 Å². The zero-order valence-electron chi connectivity index (χ0n) is 17.2. The van der Waals surface area contributed by atoms with Gasteiger partial charge in [0.15, 0.2) is 0 Å². The van der Waals surface area contributed by atoms with Gasteiger partial charge >= 0.3 is 0 Å². The second-order valence-electron chi connectivity index (χ2n) is 7.89. The fourth-order valence-corrected chi connectivity index (χ4v) is 4.03. The maximum absolute atomic E-state index is 12.8. The summed E-state index contributed by atoms with van der Waals surface area (Å²) in [6, 6.07) is 20.1. The summed E-state index contributed by atoms with van der Waals surface area (Å²) in [4.78, 5) is 17.4. The lowest BCUT2D eigenvalue weighted by Crippen LogP contribution is -2.39. The first-order valence-corrected chi connectivity index (χ1v) is 10.6. The number of nitrogens with zero attached hydrogens (tertiary/aromatic N) is 5. The number of hydrogen-bond donors (Lipinski definition) is 0. The van der Waals surface area contributed by atoms with E-state index in [2.05, 4.69) is 21.0 Å². The first-order chi connectivity index (χ1) is 14.7. The van der Waals surface area contributed by atoms with Crippen LogP contribution < -0.4 is 0 Å². The molecule has 0 aromatic heterocycles. The van der Waals surface area contributed by atoms with Gasteiger partial charge in [-0.15, -0.1) is 0 Å². The molecule has 2 heterocycles. The molecule has 2 aliphatic heterocycles. The SMILES string of the molecule is N#Cc1ccc(CN2CCCN(CC(=O)N3CCC(c4ccccc4)=N3)CC2)cc1. The smallest absolute Gasteiger partial charge is 0.256 e. The molecule has 0 radical (unpaired) electrons. The van der Waals surface area contributed by atoms with Crippen molar-refractivity contribution in [1.82, 2.24) is 14.8 Å². The maximum atomic E-state index is 12.8. The highest BCUT2D eigenvalue weighted by Crippen LogP contribution is 2.15. The van der Waals surface area contributed by atoms with Crippen molar-refractivity contribution in [2.75, 3.05) is 39.3 Å². The third-order valence-electron chi connectivity index (χ3n) is 5.73. The molecule has 0 bridgehead atoms. The van der Waals surface area contributed by atoms with E-state index in [0.29, 0.717) is 18.7 Å². The first-order valence-electron chi connectivity index (χ1n) is 10.6. The monoisotopic (exact) mass is 401 g/mol. The second kappa shape index (κ2) is 9.66. The summed E-state index contributed by atoms with van der Waals surface area (Å²) in [5.74, 6) is 0.0847. The fourth-order valence-electron chi connectivity index (χ4n) is 4.03. The topological polar surface area (TPSA) is 62.9 Å². The Morgan fingerprint density at radius 2 is 1.67 bits per heavy atom. The molecule has 0 saturated carbocycles. The molecule has 0 atom stereocenters. The van der Waals surface area contributed by atoms with Gasteiger partial charge in [0.1, 0.15) is 0 Å². The quantitative estimate of drug-likeness (QED) is 0.773. The van der Waals surface area contributed by atoms with Crippen LogP contribution in [-0.4, -0.2) is 65.7 Å². The number of hydrogen-bond acceptors (Lipinski definition) is 5. The first kappa shape index (κ1) is 20.3. The fraction of sp³-hybridized carbons (Fsp3) is 0.375. The molecule has 2 aromatic rings.